The number of aryl methyl sites for hydroxylation is 1. The molecule has 0 spiro atoms. The van der Waals surface area contributed by atoms with Crippen LogP contribution in [0.3, 0.4) is 0 Å². The molecule has 2 N–H and O–H groups in total. The van der Waals surface area contributed by atoms with Gasteiger partial charge in [-0.3, -0.25) is 0 Å². The smallest absolute Gasteiger partial charge is 0.126 e. The van der Waals surface area contributed by atoms with E-state index in [9.17, 15) is 4.39 Å². The number of halogens is 1. The third-order valence-electron chi connectivity index (χ3n) is 2.24. The van der Waals surface area contributed by atoms with E-state index in [2.05, 4.69) is 6.92 Å². The highest BCUT2D eigenvalue weighted by Gasteiger charge is 2.10. The van der Waals surface area contributed by atoms with Crippen molar-refractivity contribution in [2.24, 2.45) is 5.73 Å². The molecule has 0 aliphatic rings. The SMILES string of the molecule is CCCSc1cc(C)c(F)cc1C(C)N. The van der Waals surface area contributed by atoms with Crippen LogP contribution >= 0.6 is 11.8 Å². The zero-order valence-electron chi connectivity index (χ0n) is 9.51. The molecule has 0 fully saturated rings. The van der Waals surface area contributed by atoms with Gasteiger partial charge >= 0.3 is 0 Å². The second-order valence-corrected chi connectivity index (χ2v) is 4.91. The summed E-state index contributed by atoms with van der Waals surface area (Å²) in [5.74, 6) is 0.883. The summed E-state index contributed by atoms with van der Waals surface area (Å²) in [6.45, 7) is 5.81. The molecule has 15 heavy (non-hydrogen) atoms. The molecule has 1 rings (SSSR count). The van der Waals surface area contributed by atoms with Crippen molar-refractivity contribution in [3.8, 4) is 0 Å². The van der Waals surface area contributed by atoms with Gasteiger partial charge in [0, 0.05) is 10.9 Å². The minimum Gasteiger partial charge on any atom is -0.324 e. The normalized spacial score (nSPS) is 12.9. The Morgan fingerprint density at radius 3 is 2.67 bits per heavy atom. The molecule has 0 saturated carbocycles. The van der Waals surface area contributed by atoms with E-state index >= 15 is 0 Å². The Bertz CT molecular complexity index is 337. The fourth-order valence-corrected chi connectivity index (χ4v) is 2.46. The van der Waals surface area contributed by atoms with Gasteiger partial charge in [-0.05, 0) is 49.3 Å². The predicted octanol–water partition coefficient (Wildman–Crippen LogP) is 3.66. The summed E-state index contributed by atoms with van der Waals surface area (Å²) in [5, 5.41) is 0. The Morgan fingerprint density at radius 1 is 1.47 bits per heavy atom. The van der Waals surface area contributed by atoms with Gasteiger partial charge in [-0.15, -0.1) is 11.8 Å². The molecule has 1 atom stereocenters. The maximum Gasteiger partial charge on any atom is 0.126 e. The Hall–Kier alpha value is -0.540. The van der Waals surface area contributed by atoms with Crippen LogP contribution in [0.25, 0.3) is 0 Å². The summed E-state index contributed by atoms with van der Waals surface area (Å²) in [4.78, 5) is 1.12. The van der Waals surface area contributed by atoms with E-state index in [1.807, 2.05) is 13.0 Å². The number of nitrogens with two attached hydrogens (primary N) is 1. The number of thioether (sulfide) groups is 1. The molecule has 0 bridgehead atoms. The van der Waals surface area contributed by atoms with Gasteiger partial charge in [-0.25, -0.2) is 4.39 Å². The van der Waals surface area contributed by atoms with Crippen LogP contribution in [0.4, 0.5) is 4.39 Å². The molecule has 0 radical (unpaired) electrons. The summed E-state index contributed by atoms with van der Waals surface area (Å²) < 4.78 is 13.4. The standard InChI is InChI=1S/C12H18FNS/c1-4-5-15-12-6-8(2)11(13)7-10(12)9(3)14/h6-7,9H,4-5,14H2,1-3H3. The van der Waals surface area contributed by atoms with E-state index < -0.39 is 0 Å². The molecule has 1 unspecified atom stereocenters. The molecule has 0 heterocycles. The van der Waals surface area contributed by atoms with Crippen LogP contribution in [-0.2, 0) is 0 Å². The minimum absolute atomic E-state index is 0.112. The van der Waals surface area contributed by atoms with E-state index in [1.165, 1.54) is 0 Å². The van der Waals surface area contributed by atoms with Crippen LogP contribution in [0.5, 0.6) is 0 Å². The first-order valence-corrected chi connectivity index (χ1v) is 6.23. The maximum absolute atomic E-state index is 13.4. The molecule has 1 aromatic rings. The van der Waals surface area contributed by atoms with Crippen molar-refractivity contribution in [1.82, 2.24) is 0 Å². The highest BCUT2D eigenvalue weighted by molar-refractivity contribution is 7.99. The van der Waals surface area contributed by atoms with Crippen LogP contribution in [0.1, 0.15) is 37.4 Å². The first-order chi connectivity index (χ1) is 7.06. The van der Waals surface area contributed by atoms with Crippen LogP contribution in [0, 0.1) is 12.7 Å². The fraction of sp³-hybridized carbons (Fsp3) is 0.500. The summed E-state index contributed by atoms with van der Waals surface area (Å²) in [5.41, 5.74) is 7.43. The lowest BCUT2D eigenvalue weighted by molar-refractivity contribution is 0.610. The quantitative estimate of drug-likeness (QED) is 0.794. The molecule has 0 aliphatic carbocycles. The minimum atomic E-state index is -0.164. The van der Waals surface area contributed by atoms with Crippen molar-refractivity contribution >= 4 is 11.8 Å². The van der Waals surface area contributed by atoms with Gasteiger partial charge in [-0.1, -0.05) is 6.92 Å². The number of rotatable bonds is 4. The number of benzene rings is 1. The topological polar surface area (TPSA) is 26.0 Å². The average Bonchev–Trinajstić information content (AvgIpc) is 2.19. The van der Waals surface area contributed by atoms with Crippen molar-refractivity contribution < 1.29 is 4.39 Å². The molecule has 0 aromatic heterocycles. The van der Waals surface area contributed by atoms with E-state index in [0.717, 1.165) is 22.6 Å². The molecule has 0 amide bonds. The highest BCUT2D eigenvalue weighted by atomic mass is 32.2. The summed E-state index contributed by atoms with van der Waals surface area (Å²) >= 11 is 1.75. The highest BCUT2D eigenvalue weighted by Crippen LogP contribution is 2.29. The number of hydrogen-bond acceptors (Lipinski definition) is 2. The molecule has 3 heteroatoms. The van der Waals surface area contributed by atoms with Gasteiger partial charge in [0.1, 0.15) is 5.82 Å². The van der Waals surface area contributed by atoms with Crippen LogP contribution in [0.2, 0.25) is 0 Å². The second kappa shape index (κ2) is 5.52. The lowest BCUT2D eigenvalue weighted by Crippen LogP contribution is -2.07. The Balaban J connectivity index is 3.04. The van der Waals surface area contributed by atoms with E-state index in [4.69, 9.17) is 5.73 Å². The third kappa shape index (κ3) is 3.21. The first kappa shape index (κ1) is 12.5. The fourth-order valence-electron chi connectivity index (χ4n) is 1.36. The molecular weight excluding hydrogens is 209 g/mol. The summed E-state index contributed by atoms with van der Waals surface area (Å²) in [6, 6.07) is 3.35. The molecule has 84 valence electrons. The van der Waals surface area contributed by atoms with Crippen molar-refractivity contribution in [3.63, 3.8) is 0 Å². The van der Waals surface area contributed by atoms with Gasteiger partial charge in [-0.2, -0.15) is 0 Å². The molecule has 0 aliphatic heterocycles. The van der Waals surface area contributed by atoms with Crippen LogP contribution in [0.15, 0.2) is 17.0 Å². The molecule has 1 aromatic carbocycles. The van der Waals surface area contributed by atoms with Crippen molar-refractivity contribution in [1.29, 1.82) is 0 Å². The summed E-state index contributed by atoms with van der Waals surface area (Å²) in [6.07, 6.45) is 1.11. The van der Waals surface area contributed by atoms with Crippen LogP contribution in [-0.4, -0.2) is 5.75 Å². The zero-order chi connectivity index (χ0) is 11.4. The van der Waals surface area contributed by atoms with Gasteiger partial charge in [0.25, 0.3) is 0 Å². The van der Waals surface area contributed by atoms with Gasteiger partial charge in [0.15, 0.2) is 0 Å². The molecular formula is C12H18FNS. The van der Waals surface area contributed by atoms with Crippen LogP contribution < -0.4 is 5.73 Å². The zero-order valence-corrected chi connectivity index (χ0v) is 10.3. The monoisotopic (exact) mass is 227 g/mol. The third-order valence-corrected chi connectivity index (χ3v) is 3.52. The maximum atomic E-state index is 13.4. The Labute approximate surface area is 95.2 Å². The van der Waals surface area contributed by atoms with Crippen molar-refractivity contribution in [2.75, 3.05) is 5.75 Å². The van der Waals surface area contributed by atoms with E-state index in [-0.39, 0.29) is 11.9 Å². The second-order valence-electron chi connectivity index (χ2n) is 3.78. The summed E-state index contributed by atoms with van der Waals surface area (Å²) in [7, 11) is 0. The van der Waals surface area contributed by atoms with Crippen molar-refractivity contribution in [3.05, 3.63) is 29.1 Å². The average molecular weight is 227 g/mol. The van der Waals surface area contributed by atoms with E-state index in [0.29, 0.717) is 5.56 Å². The first-order valence-electron chi connectivity index (χ1n) is 5.24. The lowest BCUT2D eigenvalue weighted by Gasteiger charge is -2.13. The molecule has 0 saturated heterocycles. The van der Waals surface area contributed by atoms with Gasteiger partial charge < -0.3 is 5.73 Å². The largest absolute Gasteiger partial charge is 0.324 e. The van der Waals surface area contributed by atoms with E-state index in [1.54, 1.807) is 24.8 Å². The van der Waals surface area contributed by atoms with Crippen molar-refractivity contribution in [2.45, 2.75) is 38.1 Å². The molecule has 1 nitrogen and oxygen atoms in total. The predicted molar refractivity (Wildman–Crippen MR) is 64.8 cm³/mol. The number of hydrogen-bond donors (Lipinski definition) is 1. The van der Waals surface area contributed by atoms with Gasteiger partial charge in [0.2, 0.25) is 0 Å². The van der Waals surface area contributed by atoms with Gasteiger partial charge in [0.05, 0.1) is 0 Å². The Morgan fingerprint density at radius 2 is 2.13 bits per heavy atom. The Kier molecular flexibility index (Phi) is 4.61. The lowest BCUT2D eigenvalue weighted by atomic mass is 10.1.